The van der Waals surface area contributed by atoms with Gasteiger partial charge in [0.05, 0.1) is 0 Å². The minimum atomic E-state index is -1.09. The second-order valence-corrected chi connectivity index (χ2v) is 3.10. The van der Waals surface area contributed by atoms with Crippen molar-refractivity contribution >= 4 is 11.9 Å². The third kappa shape index (κ3) is 4.26. The van der Waals surface area contributed by atoms with Gasteiger partial charge in [0.1, 0.15) is 0 Å². The van der Waals surface area contributed by atoms with Crippen LogP contribution in [-0.2, 0) is 4.79 Å². The SMILES string of the molecule is O=C([O-])CCCNC(=O)c1ccccc1. The summed E-state index contributed by atoms with van der Waals surface area (Å²) in [7, 11) is 0. The van der Waals surface area contributed by atoms with E-state index in [1.165, 1.54) is 0 Å². The molecule has 4 nitrogen and oxygen atoms in total. The first kappa shape index (κ1) is 11.2. The average molecular weight is 206 g/mol. The monoisotopic (exact) mass is 206 g/mol. The largest absolute Gasteiger partial charge is 0.550 e. The second-order valence-electron chi connectivity index (χ2n) is 3.10. The molecule has 4 heteroatoms. The fourth-order valence-corrected chi connectivity index (χ4v) is 1.13. The standard InChI is InChI=1S/C11H13NO3/c13-10(14)7-4-8-12-11(15)9-5-2-1-3-6-9/h1-3,5-6H,4,7-8H2,(H,12,15)(H,13,14)/p-1. The zero-order chi connectivity index (χ0) is 11.1. The van der Waals surface area contributed by atoms with Crippen molar-refractivity contribution in [1.82, 2.24) is 5.32 Å². The van der Waals surface area contributed by atoms with E-state index in [9.17, 15) is 14.7 Å². The maximum absolute atomic E-state index is 11.4. The van der Waals surface area contributed by atoms with Crippen LogP contribution < -0.4 is 10.4 Å². The summed E-state index contributed by atoms with van der Waals surface area (Å²) in [5, 5.41) is 12.7. The lowest BCUT2D eigenvalue weighted by molar-refractivity contribution is -0.305. The topological polar surface area (TPSA) is 69.2 Å². The first-order valence-electron chi connectivity index (χ1n) is 4.73. The molecule has 0 aliphatic heterocycles. The predicted molar refractivity (Wildman–Crippen MR) is 53.0 cm³/mol. The van der Waals surface area contributed by atoms with E-state index in [0.717, 1.165) is 0 Å². The fourth-order valence-electron chi connectivity index (χ4n) is 1.13. The van der Waals surface area contributed by atoms with Gasteiger partial charge in [0, 0.05) is 18.1 Å². The van der Waals surface area contributed by atoms with Crippen LogP contribution in [0.3, 0.4) is 0 Å². The quantitative estimate of drug-likeness (QED) is 0.686. The molecule has 0 atom stereocenters. The Kier molecular flexibility index (Phi) is 4.34. The summed E-state index contributed by atoms with van der Waals surface area (Å²) in [6, 6.07) is 8.78. The maximum atomic E-state index is 11.4. The zero-order valence-electron chi connectivity index (χ0n) is 8.23. The van der Waals surface area contributed by atoms with Gasteiger partial charge in [-0.1, -0.05) is 18.2 Å². The molecule has 0 radical (unpaired) electrons. The Hall–Kier alpha value is -1.84. The molecule has 0 saturated heterocycles. The van der Waals surface area contributed by atoms with Crippen molar-refractivity contribution < 1.29 is 14.7 Å². The van der Waals surface area contributed by atoms with Crippen LogP contribution in [0.15, 0.2) is 30.3 Å². The summed E-state index contributed by atoms with van der Waals surface area (Å²) in [5.41, 5.74) is 0.575. The Bertz CT molecular complexity index is 335. The molecule has 1 aromatic carbocycles. The average Bonchev–Trinajstić information content (AvgIpc) is 2.25. The van der Waals surface area contributed by atoms with E-state index in [0.29, 0.717) is 18.5 Å². The summed E-state index contributed by atoms with van der Waals surface area (Å²) in [6.07, 6.45) is 0.357. The molecule has 0 fully saturated rings. The summed E-state index contributed by atoms with van der Waals surface area (Å²) < 4.78 is 0. The molecular formula is C11H12NO3-. The molecule has 15 heavy (non-hydrogen) atoms. The van der Waals surface area contributed by atoms with Gasteiger partial charge < -0.3 is 15.2 Å². The van der Waals surface area contributed by atoms with Gasteiger partial charge in [0.25, 0.3) is 5.91 Å². The highest BCUT2D eigenvalue weighted by atomic mass is 16.4. The van der Waals surface area contributed by atoms with Gasteiger partial charge in [-0.15, -0.1) is 0 Å². The molecule has 1 aromatic rings. The molecule has 1 amide bonds. The van der Waals surface area contributed by atoms with E-state index in [2.05, 4.69) is 5.32 Å². The summed E-state index contributed by atoms with van der Waals surface area (Å²) in [6.45, 7) is 0.349. The molecular weight excluding hydrogens is 194 g/mol. The normalized spacial score (nSPS) is 9.60. The molecule has 0 aliphatic rings. The summed E-state index contributed by atoms with van der Waals surface area (Å²) >= 11 is 0. The van der Waals surface area contributed by atoms with E-state index < -0.39 is 5.97 Å². The van der Waals surface area contributed by atoms with Crippen molar-refractivity contribution in [3.8, 4) is 0 Å². The van der Waals surface area contributed by atoms with Crippen LogP contribution in [0.2, 0.25) is 0 Å². The van der Waals surface area contributed by atoms with Gasteiger partial charge in [-0.2, -0.15) is 0 Å². The molecule has 0 unspecified atom stereocenters. The molecule has 0 spiro atoms. The number of hydrogen-bond acceptors (Lipinski definition) is 3. The van der Waals surface area contributed by atoms with Crippen molar-refractivity contribution in [2.75, 3.05) is 6.54 Å². The first-order valence-corrected chi connectivity index (χ1v) is 4.73. The number of carboxylic acid groups (broad SMARTS) is 1. The number of nitrogens with one attached hydrogen (secondary N) is 1. The third-order valence-corrected chi connectivity index (χ3v) is 1.88. The minimum Gasteiger partial charge on any atom is -0.550 e. The number of rotatable bonds is 5. The highest BCUT2D eigenvalue weighted by Crippen LogP contribution is 1.97. The lowest BCUT2D eigenvalue weighted by atomic mass is 10.2. The van der Waals surface area contributed by atoms with Crippen molar-refractivity contribution in [3.05, 3.63) is 35.9 Å². The predicted octanol–water partition coefficient (Wildman–Crippen LogP) is -0.0535. The van der Waals surface area contributed by atoms with Crippen molar-refractivity contribution in [1.29, 1.82) is 0 Å². The van der Waals surface area contributed by atoms with E-state index in [4.69, 9.17) is 0 Å². The number of carboxylic acids is 1. The number of carbonyl (C=O) groups excluding carboxylic acids is 2. The zero-order valence-corrected chi connectivity index (χ0v) is 8.23. The van der Waals surface area contributed by atoms with Crippen molar-refractivity contribution in [3.63, 3.8) is 0 Å². The third-order valence-electron chi connectivity index (χ3n) is 1.88. The van der Waals surface area contributed by atoms with Crippen LogP contribution in [0.25, 0.3) is 0 Å². The van der Waals surface area contributed by atoms with Gasteiger partial charge >= 0.3 is 0 Å². The molecule has 1 rings (SSSR count). The van der Waals surface area contributed by atoms with Gasteiger partial charge in [-0.3, -0.25) is 4.79 Å². The van der Waals surface area contributed by atoms with Crippen LogP contribution in [-0.4, -0.2) is 18.4 Å². The van der Waals surface area contributed by atoms with Crippen LogP contribution >= 0.6 is 0 Å². The molecule has 0 saturated carbocycles. The Balaban J connectivity index is 2.28. The van der Waals surface area contributed by atoms with E-state index >= 15 is 0 Å². The smallest absolute Gasteiger partial charge is 0.251 e. The molecule has 0 bridgehead atoms. The van der Waals surface area contributed by atoms with E-state index in [1.54, 1.807) is 24.3 Å². The van der Waals surface area contributed by atoms with Gasteiger partial charge in [0.2, 0.25) is 0 Å². The molecule has 0 aromatic heterocycles. The van der Waals surface area contributed by atoms with Crippen molar-refractivity contribution in [2.24, 2.45) is 0 Å². The van der Waals surface area contributed by atoms with Gasteiger partial charge in [-0.05, 0) is 25.0 Å². The molecule has 0 heterocycles. The Morgan fingerprint density at radius 2 is 1.87 bits per heavy atom. The summed E-state index contributed by atoms with van der Waals surface area (Å²) in [5.74, 6) is -1.28. The number of hydrogen-bond donors (Lipinski definition) is 1. The number of carbonyl (C=O) groups is 2. The van der Waals surface area contributed by atoms with Gasteiger partial charge in [-0.25, -0.2) is 0 Å². The Morgan fingerprint density at radius 1 is 1.20 bits per heavy atom. The second kappa shape index (κ2) is 5.80. The van der Waals surface area contributed by atoms with Crippen LogP contribution in [0, 0.1) is 0 Å². The lowest BCUT2D eigenvalue weighted by Gasteiger charge is -2.05. The first-order chi connectivity index (χ1) is 7.20. The number of benzene rings is 1. The number of amides is 1. The van der Waals surface area contributed by atoms with E-state index in [-0.39, 0.29) is 12.3 Å². The van der Waals surface area contributed by atoms with Crippen LogP contribution in [0.1, 0.15) is 23.2 Å². The fraction of sp³-hybridized carbons (Fsp3) is 0.273. The van der Waals surface area contributed by atoms with Crippen LogP contribution in [0.4, 0.5) is 0 Å². The van der Waals surface area contributed by atoms with Crippen LogP contribution in [0.5, 0.6) is 0 Å². The maximum Gasteiger partial charge on any atom is 0.251 e. The van der Waals surface area contributed by atoms with Gasteiger partial charge in [0.15, 0.2) is 0 Å². The highest BCUT2D eigenvalue weighted by molar-refractivity contribution is 5.94. The highest BCUT2D eigenvalue weighted by Gasteiger charge is 2.02. The number of aliphatic carboxylic acids is 1. The molecule has 80 valence electrons. The lowest BCUT2D eigenvalue weighted by Crippen LogP contribution is -2.27. The molecule has 0 aliphatic carbocycles. The van der Waals surface area contributed by atoms with Crippen molar-refractivity contribution in [2.45, 2.75) is 12.8 Å². The summed E-state index contributed by atoms with van der Waals surface area (Å²) in [4.78, 5) is 21.5. The van der Waals surface area contributed by atoms with E-state index in [1.807, 2.05) is 6.07 Å². The Morgan fingerprint density at radius 3 is 2.47 bits per heavy atom. The Labute approximate surface area is 87.9 Å². The molecule has 1 N–H and O–H groups in total. The minimum absolute atomic E-state index is 0.0327.